The highest BCUT2D eigenvalue weighted by Gasteiger charge is 2.25. The van der Waals surface area contributed by atoms with Crippen LogP contribution in [0.3, 0.4) is 0 Å². The fourth-order valence-electron chi connectivity index (χ4n) is 1.45. The van der Waals surface area contributed by atoms with Gasteiger partial charge in [0.15, 0.2) is 23.3 Å². The minimum atomic E-state index is -2.24. The summed E-state index contributed by atoms with van der Waals surface area (Å²) >= 11 is 11.4. The molecule has 1 nitrogen and oxygen atoms in total. The predicted octanol–water partition coefficient (Wildman–Crippen LogP) is 5.44. The van der Waals surface area contributed by atoms with E-state index in [1.165, 1.54) is 18.2 Å². The SMILES string of the molecule is Fc1c(F)c(F)c(N=Cc2ccc(Cl)cc2Cl)c(F)c1F. The van der Waals surface area contributed by atoms with E-state index >= 15 is 0 Å². The number of hydrogen-bond donors (Lipinski definition) is 0. The highest BCUT2D eigenvalue weighted by molar-refractivity contribution is 6.36. The van der Waals surface area contributed by atoms with Crippen molar-refractivity contribution in [3.63, 3.8) is 0 Å². The zero-order valence-corrected chi connectivity index (χ0v) is 11.4. The molecule has 0 amide bonds. The van der Waals surface area contributed by atoms with Gasteiger partial charge in [-0.2, -0.15) is 0 Å². The zero-order valence-electron chi connectivity index (χ0n) is 9.90. The third-order valence-corrected chi connectivity index (χ3v) is 3.04. The van der Waals surface area contributed by atoms with Gasteiger partial charge in [0.05, 0.1) is 5.02 Å². The first-order valence-corrected chi connectivity index (χ1v) is 6.09. The van der Waals surface area contributed by atoms with Crippen LogP contribution in [-0.4, -0.2) is 6.21 Å². The minimum Gasteiger partial charge on any atom is -0.250 e. The summed E-state index contributed by atoms with van der Waals surface area (Å²) in [5.74, 6) is -10.4. The van der Waals surface area contributed by atoms with E-state index in [-0.39, 0.29) is 10.6 Å². The molecule has 0 aliphatic rings. The summed E-state index contributed by atoms with van der Waals surface area (Å²) < 4.78 is 65.6. The summed E-state index contributed by atoms with van der Waals surface area (Å²) in [5, 5.41) is 0.420. The molecule has 0 fully saturated rings. The molecular formula is C13H4Cl2F5N. The van der Waals surface area contributed by atoms with Gasteiger partial charge in [0, 0.05) is 16.8 Å². The molecule has 0 bridgehead atoms. The van der Waals surface area contributed by atoms with Crippen LogP contribution in [0.1, 0.15) is 5.56 Å². The lowest BCUT2D eigenvalue weighted by Gasteiger charge is -2.04. The highest BCUT2D eigenvalue weighted by atomic mass is 35.5. The second-order valence-corrected chi connectivity index (χ2v) is 4.69. The maximum Gasteiger partial charge on any atom is 0.200 e. The molecular weight excluding hydrogens is 336 g/mol. The smallest absolute Gasteiger partial charge is 0.200 e. The van der Waals surface area contributed by atoms with Gasteiger partial charge in [0.1, 0.15) is 5.69 Å². The van der Waals surface area contributed by atoms with Gasteiger partial charge < -0.3 is 0 Å². The maximum absolute atomic E-state index is 13.4. The molecule has 2 rings (SSSR count). The number of hydrogen-bond acceptors (Lipinski definition) is 1. The number of nitrogens with zero attached hydrogens (tertiary/aromatic N) is 1. The molecule has 0 aliphatic heterocycles. The van der Waals surface area contributed by atoms with Gasteiger partial charge >= 0.3 is 0 Å². The van der Waals surface area contributed by atoms with Gasteiger partial charge in [-0.15, -0.1) is 0 Å². The van der Waals surface area contributed by atoms with E-state index in [1.54, 1.807) is 0 Å². The van der Waals surface area contributed by atoms with E-state index in [0.717, 1.165) is 6.21 Å². The normalized spacial score (nSPS) is 11.4. The van der Waals surface area contributed by atoms with Gasteiger partial charge in [0.25, 0.3) is 0 Å². The van der Waals surface area contributed by atoms with Crippen molar-refractivity contribution in [3.8, 4) is 0 Å². The molecule has 0 aliphatic carbocycles. The molecule has 0 atom stereocenters. The Kier molecular flexibility index (Phi) is 4.49. The summed E-state index contributed by atoms with van der Waals surface area (Å²) in [6.07, 6.45) is 0.872. The van der Waals surface area contributed by atoms with E-state index < -0.39 is 34.8 Å². The number of aliphatic imine (C=N–C) groups is 1. The van der Waals surface area contributed by atoms with E-state index in [1.807, 2.05) is 0 Å². The van der Waals surface area contributed by atoms with Crippen LogP contribution in [0.5, 0.6) is 0 Å². The predicted molar refractivity (Wildman–Crippen MR) is 69.9 cm³/mol. The van der Waals surface area contributed by atoms with Crippen LogP contribution in [0.2, 0.25) is 10.0 Å². The molecule has 0 aromatic heterocycles. The monoisotopic (exact) mass is 339 g/mol. The Hall–Kier alpha value is -1.66. The van der Waals surface area contributed by atoms with Crippen LogP contribution in [0.15, 0.2) is 23.2 Å². The Bertz CT molecular complexity index is 717. The quantitative estimate of drug-likeness (QED) is 0.299. The summed E-state index contributed by atoms with van der Waals surface area (Å²) in [5.41, 5.74) is -1.09. The van der Waals surface area contributed by atoms with Crippen molar-refractivity contribution in [2.75, 3.05) is 0 Å². The van der Waals surface area contributed by atoms with Crippen molar-refractivity contribution in [3.05, 3.63) is 62.9 Å². The Morgan fingerprint density at radius 2 is 1.33 bits per heavy atom. The van der Waals surface area contributed by atoms with E-state index in [2.05, 4.69) is 4.99 Å². The molecule has 0 saturated heterocycles. The molecule has 110 valence electrons. The average Bonchev–Trinajstić information content (AvgIpc) is 2.45. The minimum absolute atomic E-state index is 0.107. The van der Waals surface area contributed by atoms with Crippen LogP contribution in [0.4, 0.5) is 27.6 Å². The molecule has 0 spiro atoms. The second kappa shape index (κ2) is 5.99. The topological polar surface area (TPSA) is 12.4 Å². The van der Waals surface area contributed by atoms with Crippen LogP contribution in [0.25, 0.3) is 0 Å². The first-order chi connectivity index (χ1) is 9.82. The van der Waals surface area contributed by atoms with Crippen molar-refractivity contribution < 1.29 is 22.0 Å². The highest BCUT2D eigenvalue weighted by Crippen LogP contribution is 2.29. The number of benzene rings is 2. The van der Waals surface area contributed by atoms with Gasteiger partial charge in [-0.1, -0.05) is 29.3 Å². The number of halogens is 7. The first-order valence-electron chi connectivity index (χ1n) is 5.33. The summed E-state index contributed by atoms with van der Waals surface area (Å²) in [7, 11) is 0. The van der Waals surface area contributed by atoms with E-state index in [0.29, 0.717) is 5.02 Å². The van der Waals surface area contributed by atoms with Crippen molar-refractivity contribution in [1.82, 2.24) is 0 Å². The lowest BCUT2D eigenvalue weighted by Crippen LogP contribution is -2.00. The Morgan fingerprint density at radius 3 is 1.86 bits per heavy atom. The Labute approximate surface area is 125 Å². The van der Waals surface area contributed by atoms with Crippen molar-refractivity contribution in [2.45, 2.75) is 0 Å². The third kappa shape index (κ3) is 3.01. The fourth-order valence-corrected chi connectivity index (χ4v) is 1.90. The van der Waals surface area contributed by atoms with Crippen LogP contribution >= 0.6 is 23.2 Å². The average molecular weight is 340 g/mol. The Balaban J connectivity index is 2.51. The molecule has 2 aromatic carbocycles. The molecule has 0 radical (unpaired) electrons. The van der Waals surface area contributed by atoms with Gasteiger partial charge in [0.2, 0.25) is 5.82 Å². The lowest BCUT2D eigenvalue weighted by molar-refractivity contribution is 0.381. The van der Waals surface area contributed by atoms with Crippen LogP contribution in [0, 0.1) is 29.1 Å². The summed E-state index contributed by atoms with van der Waals surface area (Å²) in [6, 6.07) is 4.14. The fraction of sp³-hybridized carbons (Fsp3) is 0. The van der Waals surface area contributed by atoms with Crippen molar-refractivity contribution >= 4 is 35.1 Å². The molecule has 2 aromatic rings. The third-order valence-electron chi connectivity index (χ3n) is 2.48. The van der Waals surface area contributed by atoms with Gasteiger partial charge in [-0.3, -0.25) is 0 Å². The second-order valence-electron chi connectivity index (χ2n) is 3.84. The van der Waals surface area contributed by atoms with Crippen LogP contribution in [-0.2, 0) is 0 Å². The van der Waals surface area contributed by atoms with E-state index in [4.69, 9.17) is 23.2 Å². The van der Waals surface area contributed by atoms with Crippen molar-refractivity contribution in [2.24, 2.45) is 4.99 Å². The molecule has 8 heteroatoms. The molecule has 0 unspecified atom stereocenters. The maximum atomic E-state index is 13.4. The summed E-state index contributed by atoms with van der Waals surface area (Å²) in [4.78, 5) is 3.28. The molecule has 0 heterocycles. The zero-order chi connectivity index (χ0) is 15.7. The summed E-state index contributed by atoms with van der Waals surface area (Å²) in [6.45, 7) is 0. The van der Waals surface area contributed by atoms with Crippen molar-refractivity contribution in [1.29, 1.82) is 0 Å². The standard InChI is InChI=1S/C13H4Cl2F5N/c14-6-2-1-5(7(15)3-6)4-21-13-11(19)9(17)8(16)10(18)12(13)20/h1-4H. The first kappa shape index (κ1) is 15.7. The molecule has 21 heavy (non-hydrogen) atoms. The largest absolute Gasteiger partial charge is 0.250 e. The molecule has 0 N–H and O–H groups in total. The lowest BCUT2D eigenvalue weighted by atomic mass is 10.2. The Morgan fingerprint density at radius 1 is 0.810 bits per heavy atom. The number of rotatable bonds is 2. The molecule has 0 saturated carbocycles. The van der Waals surface area contributed by atoms with Crippen LogP contribution < -0.4 is 0 Å². The van der Waals surface area contributed by atoms with Gasteiger partial charge in [-0.05, 0) is 12.1 Å². The van der Waals surface area contributed by atoms with Gasteiger partial charge in [-0.25, -0.2) is 26.9 Å². The van der Waals surface area contributed by atoms with E-state index in [9.17, 15) is 22.0 Å².